The Balaban J connectivity index is 1.93. The summed E-state index contributed by atoms with van der Waals surface area (Å²) < 4.78 is 43.1. The molecule has 2 aromatic carbocycles. The average Bonchev–Trinajstić information content (AvgIpc) is 2.47. The van der Waals surface area contributed by atoms with Crippen molar-refractivity contribution in [1.29, 1.82) is 0 Å². The van der Waals surface area contributed by atoms with Gasteiger partial charge in [-0.25, -0.2) is 4.98 Å². The maximum absolute atomic E-state index is 12.5. The lowest BCUT2D eigenvalue weighted by Crippen LogP contribution is -2.05. The molecule has 0 amide bonds. The molecular formula is C16H11F3N2O. The molecule has 0 fully saturated rings. The van der Waals surface area contributed by atoms with Crippen molar-refractivity contribution in [3.05, 3.63) is 60.3 Å². The Bertz CT molecular complexity index is 814. The van der Waals surface area contributed by atoms with E-state index in [1.54, 1.807) is 30.3 Å². The number of aromatic nitrogens is 1. The van der Waals surface area contributed by atoms with Crippen molar-refractivity contribution >= 4 is 16.5 Å². The van der Waals surface area contributed by atoms with Crippen LogP contribution in [0, 0.1) is 0 Å². The fraction of sp³-hybridized carbons (Fsp3) is 0.0625. The summed E-state index contributed by atoms with van der Waals surface area (Å²) in [4.78, 5) is 3.70. The van der Waals surface area contributed by atoms with Crippen LogP contribution in [0.3, 0.4) is 0 Å². The molecule has 0 aliphatic carbocycles. The fourth-order valence-electron chi connectivity index (χ4n) is 2.08. The minimum Gasteiger partial charge on any atom is -0.438 e. The Morgan fingerprint density at radius 3 is 2.50 bits per heavy atom. The van der Waals surface area contributed by atoms with Crippen molar-refractivity contribution in [2.45, 2.75) is 6.18 Å². The Hall–Kier alpha value is -2.76. The van der Waals surface area contributed by atoms with Crippen LogP contribution in [0.15, 0.2) is 54.7 Å². The average molecular weight is 304 g/mol. The van der Waals surface area contributed by atoms with E-state index < -0.39 is 11.7 Å². The van der Waals surface area contributed by atoms with E-state index in [9.17, 15) is 13.2 Å². The van der Waals surface area contributed by atoms with Crippen LogP contribution in [0.1, 0.15) is 5.56 Å². The maximum Gasteiger partial charge on any atom is 0.417 e. The van der Waals surface area contributed by atoms with E-state index in [1.807, 2.05) is 6.07 Å². The molecule has 0 aliphatic rings. The molecular weight excluding hydrogens is 293 g/mol. The van der Waals surface area contributed by atoms with Crippen LogP contribution in [0.25, 0.3) is 10.8 Å². The molecule has 22 heavy (non-hydrogen) atoms. The van der Waals surface area contributed by atoms with Crippen LogP contribution in [0.5, 0.6) is 11.6 Å². The molecule has 0 saturated heterocycles. The molecule has 0 spiro atoms. The number of pyridine rings is 1. The summed E-state index contributed by atoms with van der Waals surface area (Å²) in [5.74, 6) is 0.599. The maximum atomic E-state index is 12.5. The van der Waals surface area contributed by atoms with Gasteiger partial charge in [0.1, 0.15) is 5.75 Å². The lowest BCUT2D eigenvalue weighted by molar-refractivity contribution is -0.137. The van der Waals surface area contributed by atoms with E-state index in [2.05, 4.69) is 4.98 Å². The molecule has 2 N–H and O–H groups in total. The molecule has 0 radical (unpaired) electrons. The number of hydrogen-bond donors (Lipinski definition) is 1. The van der Waals surface area contributed by atoms with Gasteiger partial charge in [0.05, 0.1) is 5.56 Å². The molecule has 112 valence electrons. The second kappa shape index (κ2) is 5.22. The first-order valence-corrected chi connectivity index (χ1v) is 6.43. The van der Waals surface area contributed by atoms with Gasteiger partial charge < -0.3 is 10.5 Å². The first kappa shape index (κ1) is 14.2. The van der Waals surface area contributed by atoms with E-state index in [0.29, 0.717) is 11.4 Å². The Labute approximate surface area is 124 Å². The lowest BCUT2D eigenvalue weighted by Gasteiger charge is -2.10. The van der Waals surface area contributed by atoms with Gasteiger partial charge in [0.25, 0.3) is 0 Å². The molecule has 1 aromatic heterocycles. The number of nitrogens with zero attached hydrogens (tertiary/aromatic N) is 1. The zero-order chi connectivity index (χ0) is 15.7. The molecule has 0 unspecified atom stereocenters. The number of nitrogen functional groups attached to an aromatic ring is 1. The molecule has 0 saturated carbocycles. The van der Waals surface area contributed by atoms with Crippen molar-refractivity contribution < 1.29 is 17.9 Å². The zero-order valence-corrected chi connectivity index (χ0v) is 11.3. The summed E-state index contributed by atoms with van der Waals surface area (Å²) in [5.41, 5.74) is 5.53. The van der Waals surface area contributed by atoms with Crippen LogP contribution >= 0.6 is 0 Å². The number of fused-ring (bicyclic) bond motifs is 1. The number of hydrogen-bond acceptors (Lipinski definition) is 3. The molecule has 1 heterocycles. The zero-order valence-electron chi connectivity index (χ0n) is 11.3. The topological polar surface area (TPSA) is 48.1 Å². The van der Waals surface area contributed by atoms with Crippen molar-refractivity contribution in [3.8, 4) is 11.6 Å². The number of rotatable bonds is 2. The summed E-state index contributed by atoms with van der Waals surface area (Å²) in [7, 11) is 0. The lowest BCUT2D eigenvalue weighted by atomic mass is 10.1. The third-order valence-electron chi connectivity index (χ3n) is 3.14. The first-order valence-electron chi connectivity index (χ1n) is 6.43. The van der Waals surface area contributed by atoms with Crippen molar-refractivity contribution in [2.75, 3.05) is 5.73 Å². The third-order valence-corrected chi connectivity index (χ3v) is 3.14. The summed E-state index contributed by atoms with van der Waals surface area (Å²) >= 11 is 0. The molecule has 3 nitrogen and oxygen atoms in total. The highest BCUT2D eigenvalue weighted by molar-refractivity contribution is 5.90. The van der Waals surface area contributed by atoms with E-state index in [0.717, 1.165) is 23.0 Å². The SMILES string of the molecule is Nc1ccc2c(Oc3ccc(C(F)(F)F)cn3)cccc2c1. The van der Waals surface area contributed by atoms with Crippen molar-refractivity contribution in [3.63, 3.8) is 0 Å². The first-order chi connectivity index (χ1) is 10.4. The van der Waals surface area contributed by atoms with Crippen LogP contribution in [-0.2, 0) is 6.18 Å². The monoisotopic (exact) mass is 304 g/mol. The Morgan fingerprint density at radius 2 is 1.82 bits per heavy atom. The summed E-state index contributed by atoms with van der Waals surface area (Å²) in [6.45, 7) is 0. The predicted octanol–water partition coefficient (Wildman–Crippen LogP) is 4.63. The molecule has 3 rings (SSSR count). The van der Waals surface area contributed by atoms with E-state index in [4.69, 9.17) is 10.5 Å². The number of nitrogens with two attached hydrogens (primary N) is 1. The van der Waals surface area contributed by atoms with Gasteiger partial charge in [-0.2, -0.15) is 13.2 Å². The quantitative estimate of drug-likeness (QED) is 0.702. The second-order valence-electron chi connectivity index (χ2n) is 4.72. The standard InChI is InChI=1S/C16H11F3N2O/c17-16(18,19)11-4-7-15(21-9-11)22-14-3-1-2-10-8-12(20)5-6-13(10)14/h1-9H,20H2. The predicted molar refractivity (Wildman–Crippen MR) is 77.7 cm³/mol. The normalized spacial score (nSPS) is 11.6. The van der Waals surface area contributed by atoms with Crippen LogP contribution in [0.4, 0.5) is 18.9 Å². The van der Waals surface area contributed by atoms with Gasteiger partial charge in [-0.3, -0.25) is 0 Å². The number of alkyl halides is 3. The van der Waals surface area contributed by atoms with Crippen LogP contribution < -0.4 is 10.5 Å². The van der Waals surface area contributed by atoms with E-state index in [1.165, 1.54) is 6.07 Å². The number of benzene rings is 2. The number of ether oxygens (including phenoxy) is 1. The van der Waals surface area contributed by atoms with Crippen molar-refractivity contribution in [1.82, 2.24) is 4.98 Å². The molecule has 0 atom stereocenters. The number of halogens is 3. The van der Waals surface area contributed by atoms with Gasteiger partial charge in [0.15, 0.2) is 0 Å². The van der Waals surface area contributed by atoms with Gasteiger partial charge in [-0.1, -0.05) is 12.1 Å². The minimum absolute atomic E-state index is 0.0947. The van der Waals surface area contributed by atoms with E-state index >= 15 is 0 Å². The summed E-state index contributed by atoms with van der Waals surface area (Å²) in [6.07, 6.45) is -3.67. The van der Waals surface area contributed by atoms with Gasteiger partial charge in [-0.15, -0.1) is 0 Å². The second-order valence-corrected chi connectivity index (χ2v) is 4.72. The molecule has 6 heteroatoms. The fourth-order valence-corrected chi connectivity index (χ4v) is 2.08. The Morgan fingerprint density at radius 1 is 1.00 bits per heavy atom. The highest BCUT2D eigenvalue weighted by atomic mass is 19.4. The molecule has 3 aromatic rings. The molecule has 0 bridgehead atoms. The van der Waals surface area contributed by atoms with Gasteiger partial charge in [-0.05, 0) is 35.7 Å². The van der Waals surface area contributed by atoms with Crippen LogP contribution in [0.2, 0.25) is 0 Å². The van der Waals surface area contributed by atoms with Gasteiger partial charge in [0.2, 0.25) is 5.88 Å². The third kappa shape index (κ3) is 2.81. The highest BCUT2D eigenvalue weighted by Gasteiger charge is 2.30. The van der Waals surface area contributed by atoms with Crippen LogP contribution in [-0.4, -0.2) is 4.98 Å². The minimum atomic E-state index is -4.41. The smallest absolute Gasteiger partial charge is 0.417 e. The summed E-state index contributed by atoms with van der Waals surface area (Å²) in [5, 5.41) is 1.68. The Kier molecular flexibility index (Phi) is 3.36. The summed E-state index contributed by atoms with van der Waals surface area (Å²) in [6, 6.07) is 12.8. The molecule has 0 aliphatic heterocycles. The van der Waals surface area contributed by atoms with Gasteiger partial charge in [0, 0.05) is 23.3 Å². The van der Waals surface area contributed by atoms with E-state index in [-0.39, 0.29) is 5.88 Å². The highest BCUT2D eigenvalue weighted by Crippen LogP contribution is 2.32. The largest absolute Gasteiger partial charge is 0.438 e. The number of anilines is 1. The van der Waals surface area contributed by atoms with Crippen molar-refractivity contribution in [2.24, 2.45) is 0 Å². The van der Waals surface area contributed by atoms with Gasteiger partial charge >= 0.3 is 6.18 Å².